The predicted molar refractivity (Wildman–Crippen MR) is 65.4 cm³/mol. The Labute approximate surface area is 112 Å². The number of carboxylic acid groups (broad SMARTS) is 1. The number of rotatable bonds is 3. The minimum atomic E-state index is -4.45. The number of halogens is 3. The smallest absolute Gasteiger partial charge is 0.416 e. The zero-order valence-corrected chi connectivity index (χ0v) is 10.5. The molecule has 0 saturated carbocycles. The highest BCUT2D eigenvalue weighted by atomic mass is 19.4. The molecule has 0 spiro atoms. The Morgan fingerprint density at radius 3 is 2.60 bits per heavy atom. The standard InChI is InChI=1S/C13H11F3N2O2/c1-2-9-10(12(19)20)18-11(17-9)7-4-3-5-8(6-7)13(14,15)16/h3-6H,2H2,1H3,(H,17,18)(H,19,20). The topological polar surface area (TPSA) is 66.0 Å². The summed E-state index contributed by atoms with van der Waals surface area (Å²) >= 11 is 0. The van der Waals surface area contributed by atoms with E-state index < -0.39 is 17.7 Å². The Bertz CT molecular complexity index is 647. The van der Waals surface area contributed by atoms with Gasteiger partial charge in [0.2, 0.25) is 0 Å². The van der Waals surface area contributed by atoms with E-state index in [4.69, 9.17) is 5.11 Å². The first-order valence-corrected chi connectivity index (χ1v) is 5.82. The van der Waals surface area contributed by atoms with Gasteiger partial charge in [0, 0.05) is 11.3 Å². The van der Waals surface area contributed by atoms with E-state index in [0.29, 0.717) is 12.1 Å². The molecule has 2 rings (SSSR count). The number of aromatic amines is 1. The molecule has 0 aliphatic carbocycles. The zero-order valence-electron chi connectivity index (χ0n) is 10.5. The number of hydrogen-bond acceptors (Lipinski definition) is 2. The normalized spacial score (nSPS) is 11.6. The third-order valence-electron chi connectivity index (χ3n) is 2.80. The molecule has 0 aliphatic rings. The van der Waals surface area contributed by atoms with Gasteiger partial charge in [-0.25, -0.2) is 9.78 Å². The van der Waals surface area contributed by atoms with Gasteiger partial charge in [-0.15, -0.1) is 0 Å². The van der Waals surface area contributed by atoms with E-state index in [1.807, 2.05) is 0 Å². The molecule has 0 fully saturated rings. The number of aromatic carboxylic acids is 1. The van der Waals surface area contributed by atoms with Gasteiger partial charge in [-0.1, -0.05) is 19.1 Å². The molecule has 0 amide bonds. The maximum atomic E-state index is 12.6. The molecule has 0 aliphatic heterocycles. The van der Waals surface area contributed by atoms with Gasteiger partial charge < -0.3 is 10.1 Å². The lowest BCUT2D eigenvalue weighted by Crippen LogP contribution is -2.04. The van der Waals surface area contributed by atoms with Crippen LogP contribution in [-0.4, -0.2) is 21.0 Å². The molecule has 2 aromatic rings. The van der Waals surface area contributed by atoms with Crippen molar-refractivity contribution in [1.82, 2.24) is 9.97 Å². The van der Waals surface area contributed by atoms with Gasteiger partial charge in [0.1, 0.15) is 5.82 Å². The molecule has 0 radical (unpaired) electrons. The van der Waals surface area contributed by atoms with Crippen LogP contribution >= 0.6 is 0 Å². The van der Waals surface area contributed by atoms with Crippen LogP contribution < -0.4 is 0 Å². The highest BCUT2D eigenvalue weighted by Gasteiger charge is 2.30. The van der Waals surface area contributed by atoms with Crippen molar-refractivity contribution in [2.24, 2.45) is 0 Å². The number of nitrogens with zero attached hydrogens (tertiary/aromatic N) is 1. The summed E-state index contributed by atoms with van der Waals surface area (Å²) in [4.78, 5) is 17.6. The second-order valence-electron chi connectivity index (χ2n) is 4.15. The second kappa shape index (κ2) is 4.99. The molecule has 1 heterocycles. The van der Waals surface area contributed by atoms with Crippen LogP contribution in [0, 0.1) is 0 Å². The van der Waals surface area contributed by atoms with Crippen LogP contribution in [0.2, 0.25) is 0 Å². The minimum absolute atomic E-state index is 0.116. The second-order valence-corrected chi connectivity index (χ2v) is 4.15. The Hall–Kier alpha value is -2.31. The summed E-state index contributed by atoms with van der Waals surface area (Å²) in [7, 11) is 0. The van der Waals surface area contributed by atoms with Crippen molar-refractivity contribution in [3.63, 3.8) is 0 Å². The van der Waals surface area contributed by atoms with Gasteiger partial charge in [-0.05, 0) is 18.6 Å². The molecular weight excluding hydrogens is 273 g/mol. The summed E-state index contributed by atoms with van der Waals surface area (Å²) in [6, 6.07) is 4.58. The number of benzene rings is 1. The SMILES string of the molecule is CCc1[nH]c(-c2cccc(C(F)(F)F)c2)nc1C(=O)O. The van der Waals surface area contributed by atoms with E-state index in [2.05, 4.69) is 9.97 Å². The van der Waals surface area contributed by atoms with Crippen LogP contribution in [0.15, 0.2) is 24.3 Å². The first-order chi connectivity index (χ1) is 9.32. The fourth-order valence-corrected chi connectivity index (χ4v) is 1.82. The van der Waals surface area contributed by atoms with Crippen molar-refractivity contribution in [2.75, 3.05) is 0 Å². The van der Waals surface area contributed by atoms with Gasteiger partial charge in [-0.3, -0.25) is 0 Å². The fraction of sp³-hybridized carbons (Fsp3) is 0.231. The van der Waals surface area contributed by atoms with Gasteiger partial charge in [-0.2, -0.15) is 13.2 Å². The molecule has 1 aromatic carbocycles. The van der Waals surface area contributed by atoms with Crippen molar-refractivity contribution in [2.45, 2.75) is 19.5 Å². The van der Waals surface area contributed by atoms with Gasteiger partial charge in [0.05, 0.1) is 5.56 Å². The van der Waals surface area contributed by atoms with Crippen molar-refractivity contribution >= 4 is 5.97 Å². The number of nitrogens with one attached hydrogen (secondary N) is 1. The van der Waals surface area contributed by atoms with Crippen LogP contribution in [-0.2, 0) is 12.6 Å². The molecule has 0 atom stereocenters. The summed E-state index contributed by atoms with van der Waals surface area (Å²) in [5, 5.41) is 8.98. The van der Waals surface area contributed by atoms with Gasteiger partial charge in [0.15, 0.2) is 5.69 Å². The Balaban J connectivity index is 2.49. The Kier molecular flexibility index (Phi) is 3.52. The number of H-pyrrole nitrogens is 1. The number of carbonyl (C=O) groups is 1. The van der Waals surface area contributed by atoms with Gasteiger partial charge >= 0.3 is 12.1 Å². The number of aryl methyl sites for hydroxylation is 1. The van der Waals surface area contributed by atoms with E-state index in [1.165, 1.54) is 12.1 Å². The van der Waals surface area contributed by atoms with Crippen LogP contribution in [0.1, 0.15) is 28.7 Å². The van der Waals surface area contributed by atoms with E-state index >= 15 is 0 Å². The largest absolute Gasteiger partial charge is 0.476 e. The Morgan fingerprint density at radius 2 is 2.10 bits per heavy atom. The molecule has 1 aromatic heterocycles. The van der Waals surface area contributed by atoms with E-state index in [9.17, 15) is 18.0 Å². The summed E-state index contributed by atoms with van der Waals surface area (Å²) in [5.74, 6) is -1.10. The van der Waals surface area contributed by atoms with Crippen molar-refractivity contribution < 1.29 is 23.1 Å². The number of hydrogen-bond donors (Lipinski definition) is 2. The predicted octanol–water partition coefficient (Wildman–Crippen LogP) is 3.36. The quantitative estimate of drug-likeness (QED) is 0.908. The van der Waals surface area contributed by atoms with Gasteiger partial charge in [0.25, 0.3) is 0 Å². The third-order valence-corrected chi connectivity index (χ3v) is 2.80. The lowest BCUT2D eigenvalue weighted by atomic mass is 10.1. The average Bonchev–Trinajstić information content (AvgIpc) is 2.82. The Morgan fingerprint density at radius 1 is 1.40 bits per heavy atom. The molecule has 0 unspecified atom stereocenters. The first kappa shape index (κ1) is 14.1. The van der Waals surface area contributed by atoms with Crippen molar-refractivity contribution in [1.29, 1.82) is 0 Å². The summed E-state index contributed by atoms with van der Waals surface area (Å²) < 4.78 is 37.9. The molecule has 4 nitrogen and oxygen atoms in total. The number of alkyl halides is 3. The number of carboxylic acids is 1. The highest BCUT2D eigenvalue weighted by Crippen LogP contribution is 2.31. The van der Waals surface area contributed by atoms with Crippen molar-refractivity contribution in [3.05, 3.63) is 41.2 Å². The molecular formula is C13H11F3N2O2. The summed E-state index contributed by atoms with van der Waals surface area (Å²) in [6.07, 6.45) is -4.06. The van der Waals surface area contributed by atoms with Crippen LogP contribution in [0.4, 0.5) is 13.2 Å². The zero-order chi connectivity index (χ0) is 14.9. The summed E-state index contributed by atoms with van der Waals surface area (Å²) in [6.45, 7) is 1.73. The number of imidazole rings is 1. The molecule has 0 saturated heterocycles. The molecule has 106 valence electrons. The molecule has 7 heteroatoms. The lowest BCUT2D eigenvalue weighted by molar-refractivity contribution is -0.137. The van der Waals surface area contributed by atoms with Crippen LogP contribution in [0.25, 0.3) is 11.4 Å². The third kappa shape index (κ3) is 2.66. The first-order valence-electron chi connectivity index (χ1n) is 5.82. The van der Waals surface area contributed by atoms with E-state index in [1.54, 1.807) is 6.92 Å². The molecule has 0 bridgehead atoms. The van der Waals surface area contributed by atoms with E-state index in [-0.39, 0.29) is 17.1 Å². The summed E-state index contributed by atoms with van der Waals surface area (Å²) in [5.41, 5.74) is -0.395. The highest BCUT2D eigenvalue weighted by molar-refractivity contribution is 5.87. The fourth-order valence-electron chi connectivity index (χ4n) is 1.82. The minimum Gasteiger partial charge on any atom is -0.476 e. The van der Waals surface area contributed by atoms with Crippen molar-refractivity contribution in [3.8, 4) is 11.4 Å². The molecule has 20 heavy (non-hydrogen) atoms. The van der Waals surface area contributed by atoms with E-state index in [0.717, 1.165) is 12.1 Å². The lowest BCUT2D eigenvalue weighted by Gasteiger charge is -2.07. The van der Waals surface area contributed by atoms with Crippen LogP contribution in [0.3, 0.4) is 0 Å². The maximum Gasteiger partial charge on any atom is 0.416 e. The average molecular weight is 284 g/mol. The monoisotopic (exact) mass is 284 g/mol. The van der Waals surface area contributed by atoms with Crippen LogP contribution in [0.5, 0.6) is 0 Å². The molecule has 2 N–H and O–H groups in total. The maximum absolute atomic E-state index is 12.6. The number of aromatic nitrogens is 2.